The number of Topliss-reactive ketones (excluding diaryl/α,β-unsaturated/α-hetero) is 1. The molecule has 9 heavy (non-hydrogen) atoms. The van der Waals surface area contributed by atoms with Crippen LogP contribution in [-0.2, 0) is 4.79 Å². The van der Waals surface area contributed by atoms with Crippen molar-refractivity contribution in [1.82, 2.24) is 5.32 Å². The van der Waals surface area contributed by atoms with Gasteiger partial charge in [0.25, 0.3) is 0 Å². The minimum absolute atomic E-state index is 0.178. The van der Waals surface area contributed by atoms with Gasteiger partial charge in [-0.2, -0.15) is 0 Å². The van der Waals surface area contributed by atoms with Crippen molar-refractivity contribution in [2.45, 2.75) is 27.2 Å². The Bertz CT molecular complexity index is 61.9. The van der Waals surface area contributed by atoms with Gasteiger partial charge in [-0.1, -0.05) is 20.3 Å². The van der Waals surface area contributed by atoms with Crippen LogP contribution < -0.4 is 5.32 Å². The average molecular weight is 131 g/mol. The van der Waals surface area contributed by atoms with Gasteiger partial charge < -0.3 is 5.32 Å². The van der Waals surface area contributed by atoms with Gasteiger partial charge in [0.2, 0.25) is 0 Å². The van der Waals surface area contributed by atoms with Crippen molar-refractivity contribution in [1.29, 1.82) is 0 Å². The van der Waals surface area contributed by atoms with Gasteiger partial charge >= 0.3 is 0 Å². The zero-order chi connectivity index (χ0) is 7.70. The normalized spacial score (nSPS) is 7.56. The summed E-state index contributed by atoms with van der Waals surface area (Å²) in [4.78, 5) is 9.98. The van der Waals surface area contributed by atoms with E-state index in [4.69, 9.17) is 0 Å². The molecule has 2 heteroatoms. The number of nitrogens with one attached hydrogen (secondary N) is 1. The fourth-order valence-corrected chi connectivity index (χ4v) is 0.249. The average Bonchev–Trinajstić information content (AvgIpc) is 1.67. The topological polar surface area (TPSA) is 29.1 Å². The van der Waals surface area contributed by atoms with E-state index >= 15 is 0 Å². The molecule has 0 heterocycles. The summed E-state index contributed by atoms with van der Waals surface area (Å²) in [5, 5.41) is 2.72. The lowest BCUT2D eigenvalue weighted by Crippen LogP contribution is -2.14. The number of rotatable bonds is 2. The molecule has 0 bridgehead atoms. The monoisotopic (exact) mass is 131 g/mol. The molecule has 0 fully saturated rings. The minimum atomic E-state index is 0.178. The van der Waals surface area contributed by atoms with Crippen LogP contribution in [-0.4, -0.2) is 19.4 Å². The molecule has 0 amide bonds. The number of likely N-dealkylation sites (N-methyl/N-ethyl adjacent to an activating group) is 1. The first-order valence-corrected chi connectivity index (χ1v) is 3.33. The van der Waals surface area contributed by atoms with Gasteiger partial charge in [-0.3, -0.25) is 4.79 Å². The summed E-state index contributed by atoms with van der Waals surface area (Å²) >= 11 is 0. The van der Waals surface area contributed by atoms with E-state index in [1.807, 2.05) is 0 Å². The van der Waals surface area contributed by atoms with Crippen LogP contribution in [0.4, 0.5) is 0 Å². The molecule has 0 aliphatic heterocycles. The quantitative estimate of drug-likeness (QED) is 0.610. The van der Waals surface area contributed by atoms with E-state index in [2.05, 4.69) is 19.2 Å². The minimum Gasteiger partial charge on any atom is -0.313 e. The Morgan fingerprint density at radius 2 is 1.78 bits per heavy atom. The Kier molecular flexibility index (Phi) is 13.4. The summed E-state index contributed by atoms with van der Waals surface area (Å²) in [5.41, 5.74) is 0. The van der Waals surface area contributed by atoms with Crippen LogP contribution in [0.15, 0.2) is 0 Å². The fraction of sp³-hybridized carbons (Fsp3) is 0.857. The van der Waals surface area contributed by atoms with E-state index in [-0.39, 0.29) is 5.78 Å². The Hall–Kier alpha value is -0.370. The molecule has 0 aromatic heterocycles. The molecule has 0 radical (unpaired) electrons. The summed E-state index contributed by atoms with van der Waals surface area (Å²) < 4.78 is 0. The highest BCUT2D eigenvalue weighted by atomic mass is 16.1. The molecule has 56 valence electrons. The zero-order valence-electron chi connectivity index (χ0n) is 6.82. The van der Waals surface area contributed by atoms with Gasteiger partial charge in [-0.25, -0.2) is 0 Å². The van der Waals surface area contributed by atoms with Crippen molar-refractivity contribution < 1.29 is 4.79 Å². The molecule has 2 nitrogen and oxygen atoms in total. The van der Waals surface area contributed by atoms with Crippen LogP contribution in [0.5, 0.6) is 0 Å². The summed E-state index contributed by atoms with van der Waals surface area (Å²) in [5.74, 6) is 0.178. The number of ketones is 1. The first-order chi connectivity index (χ1) is 4.18. The third-order valence-electron chi connectivity index (χ3n) is 0.426. The van der Waals surface area contributed by atoms with Gasteiger partial charge in [0, 0.05) is 0 Å². The van der Waals surface area contributed by atoms with Gasteiger partial charge in [0.1, 0.15) is 5.78 Å². The van der Waals surface area contributed by atoms with Crippen LogP contribution in [0.2, 0.25) is 0 Å². The van der Waals surface area contributed by atoms with Crippen molar-refractivity contribution in [3.63, 3.8) is 0 Å². The third kappa shape index (κ3) is 35.0. The molecule has 0 spiro atoms. The van der Waals surface area contributed by atoms with Crippen molar-refractivity contribution >= 4 is 5.78 Å². The van der Waals surface area contributed by atoms with Crippen molar-refractivity contribution in [3.05, 3.63) is 0 Å². The van der Waals surface area contributed by atoms with E-state index in [9.17, 15) is 4.79 Å². The van der Waals surface area contributed by atoms with Crippen LogP contribution in [0.3, 0.4) is 0 Å². The van der Waals surface area contributed by atoms with Crippen molar-refractivity contribution in [2.24, 2.45) is 0 Å². The standard InChI is InChI=1S/C4H9NO.C3H8/c1-4(6)3-5-2;1-3-2/h5H,3H2,1-2H3;3H2,1-2H3. The summed E-state index contributed by atoms with van der Waals surface area (Å²) in [6, 6.07) is 0. The predicted octanol–water partition coefficient (Wildman–Crippen LogP) is 1.21. The Morgan fingerprint density at radius 3 is 1.78 bits per heavy atom. The second kappa shape index (κ2) is 10.6. The maximum Gasteiger partial charge on any atom is 0.143 e. The van der Waals surface area contributed by atoms with Gasteiger partial charge in [-0.05, 0) is 14.0 Å². The molecule has 0 aromatic rings. The predicted molar refractivity (Wildman–Crippen MR) is 40.6 cm³/mol. The summed E-state index contributed by atoms with van der Waals surface area (Å²) in [6.45, 7) is 6.29. The Balaban J connectivity index is 0. The van der Waals surface area contributed by atoms with E-state index in [0.29, 0.717) is 6.54 Å². The highest BCUT2D eigenvalue weighted by molar-refractivity contribution is 5.77. The van der Waals surface area contributed by atoms with Crippen molar-refractivity contribution in [3.8, 4) is 0 Å². The molecule has 0 aliphatic carbocycles. The van der Waals surface area contributed by atoms with Crippen LogP contribution in [0.25, 0.3) is 0 Å². The third-order valence-corrected chi connectivity index (χ3v) is 0.426. The summed E-state index contributed by atoms with van der Waals surface area (Å²) in [7, 11) is 1.75. The first-order valence-electron chi connectivity index (χ1n) is 3.33. The SMILES string of the molecule is CCC.CNCC(C)=O. The number of hydrogen-bond donors (Lipinski definition) is 1. The summed E-state index contributed by atoms with van der Waals surface area (Å²) in [6.07, 6.45) is 1.25. The highest BCUT2D eigenvalue weighted by Gasteiger charge is 1.82. The van der Waals surface area contributed by atoms with Gasteiger partial charge in [0.15, 0.2) is 0 Å². The largest absolute Gasteiger partial charge is 0.313 e. The highest BCUT2D eigenvalue weighted by Crippen LogP contribution is 1.57. The molecule has 0 rings (SSSR count). The van der Waals surface area contributed by atoms with Gasteiger partial charge in [0.05, 0.1) is 6.54 Å². The Morgan fingerprint density at radius 1 is 1.44 bits per heavy atom. The Labute approximate surface area is 57.6 Å². The smallest absolute Gasteiger partial charge is 0.143 e. The molecule has 0 saturated carbocycles. The molecule has 0 unspecified atom stereocenters. The lowest BCUT2D eigenvalue weighted by atomic mass is 10.5. The molecule has 0 aromatic carbocycles. The molecule has 0 saturated heterocycles. The molecular formula is C7H17NO. The van der Waals surface area contributed by atoms with E-state index in [0.717, 1.165) is 0 Å². The van der Waals surface area contributed by atoms with E-state index < -0.39 is 0 Å². The maximum absolute atomic E-state index is 9.98. The fourth-order valence-electron chi connectivity index (χ4n) is 0.249. The van der Waals surface area contributed by atoms with Crippen LogP contribution in [0.1, 0.15) is 27.2 Å². The molecule has 0 atom stereocenters. The van der Waals surface area contributed by atoms with Crippen LogP contribution in [0, 0.1) is 0 Å². The first kappa shape index (κ1) is 11.4. The lowest BCUT2D eigenvalue weighted by molar-refractivity contribution is -0.116. The number of carbonyl (C=O) groups is 1. The lowest BCUT2D eigenvalue weighted by Gasteiger charge is -1.85. The molecule has 1 N–H and O–H groups in total. The maximum atomic E-state index is 9.98. The van der Waals surface area contributed by atoms with Crippen LogP contribution >= 0.6 is 0 Å². The second-order valence-corrected chi connectivity index (χ2v) is 1.94. The van der Waals surface area contributed by atoms with Gasteiger partial charge in [-0.15, -0.1) is 0 Å². The zero-order valence-corrected chi connectivity index (χ0v) is 6.82. The van der Waals surface area contributed by atoms with E-state index in [1.165, 1.54) is 6.42 Å². The number of hydrogen-bond acceptors (Lipinski definition) is 2. The molecular weight excluding hydrogens is 114 g/mol. The van der Waals surface area contributed by atoms with E-state index in [1.54, 1.807) is 14.0 Å². The molecule has 0 aliphatic rings. The van der Waals surface area contributed by atoms with Crippen molar-refractivity contribution in [2.75, 3.05) is 13.6 Å². The second-order valence-electron chi connectivity index (χ2n) is 1.94. The number of carbonyl (C=O) groups excluding carboxylic acids is 1.